The Morgan fingerprint density at radius 1 is 1.16 bits per heavy atom. The van der Waals surface area contributed by atoms with E-state index >= 15 is 0 Å². The lowest BCUT2D eigenvalue weighted by Gasteiger charge is -2.48. The molecule has 0 saturated carbocycles. The second kappa shape index (κ2) is 11.9. The molecule has 2 fully saturated rings. The molecule has 0 unspecified atom stereocenters. The van der Waals surface area contributed by atoms with Crippen LogP contribution in [0, 0.1) is 5.92 Å². The molecule has 2 aliphatic heterocycles. The number of alkyl halides is 3. The number of carbonyl (C=O) groups excluding carboxylic acids is 1. The van der Waals surface area contributed by atoms with Gasteiger partial charge in [0.2, 0.25) is 5.91 Å². The van der Waals surface area contributed by atoms with Gasteiger partial charge in [-0.1, -0.05) is 11.2 Å². The van der Waals surface area contributed by atoms with E-state index in [4.69, 9.17) is 4.52 Å². The Kier molecular flexibility index (Phi) is 8.79. The Bertz CT molecular complexity index is 1010. The Hall–Kier alpha value is -2.59. The summed E-state index contributed by atoms with van der Waals surface area (Å²) in [6, 6.07) is 8.20. The fraction of sp³-hybridized carbons (Fsp3) is 0.630. The van der Waals surface area contributed by atoms with Crippen molar-refractivity contribution in [3.8, 4) is 0 Å². The maximum Gasteiger partial charge on any atom is 0.416 e. The maximum absolute atomic E-state index is 13.2. The van der Waals surface area contributed by atoms with Crippen molar-refractivity contribution in [2.45, 2.75) is 57.9 Å². The topological polar surface area (TPSA) is 56.1 Å². The van der Waals surface area contributed by atoms with Crippen molar-refractivity contribution in [2.24, 2.45) is 5.92 Å². The third-order valence-corrected chi connectivity index (χ3v) is 7.82. The van der Waals surface area contributed by atoms with Gasteiger partial charge in [-0.05, 0) is 57.4 Å². The van der Waals surface area contributed by atoms with Gasteiger partial charge < -0.3 is 19.2 Å². The van der Waals surface area contributed by atoms with E-state index in [-0.39, 0.29) is 5.91 Å². The van der Waals surface area contributed by atoms with Gasteiger partial charge in [-0.2, -0.15) is 13.2 Å². The van der Waals surface area contributed by atoms with Crippen LogP contribution in [0.15, 0.2) is 41.1 Å². The van der Waals surface area contributed by atoms with Gasteiger partial charge in [0.05, 0.1) is 12.1 Å². The van der Waals surface area contributed by atoms with Crippen LogP contribution in [-0.2, 0) is 17.5 Å². The average Bonchev–Trinajstić information content (AvgIpc) is 3.40. The number of hydrogen-bond donors (Lipinski definition) is 0. The number of likely N-dealkylation sites (tertiary alicyclic amines) is 1. The fourth-order valence-electron chi connectivity index (χ4n) is 5.62. The van der Waals surface area contributed by atoms with Gasteiger partial charge in [0.1, 0.15) is 12.0 Å². The van der Waals surface area contributed by atoms with E-state index in [1.807, 2.05) is 4.90 Å². The zero-order valence-corrected chi connectivity index (χ0v) is 22.0. The summed E-state index contributed by atoms with van der Waals surface area (Å²) in [5.41, 5.74) is 0.754. The molecule has 3 heterocycles. The quantitative estimate of drug-likeness (QED) is 0.515. The molecule has 1 aromatic carbocycles. The molecule has 2 aliphatic rings. The summed E-state index contributed by atoms with van der Waals surface area (Å²) in [7, 11) is 1.79. The second-order valence-corrected chi connectivity index (χ2v) is 10.6. The predicted molar refractivity (Wildman–Crippen MR) is 136 cm³/mol. The summed E-state index contributed by atoms with van der Waals surface area (Å²) >= 11 is 0. The fourth-order valence-corrected chi connectivity index (χ4v) is 5.62. The highest BCUT2D eigenvalue weighted by molar-refractivity contribution is 5.75. The molecule has 1 aromatic heterocycles. The van der Waals surface area contributed by atoms with Crippen LogP contribution in [0.25, 0.3) is 0 Å². The largest absolute Gasteiger partial charge is 0.416 e. The monoisotopic (exact) mass is 521 g/mol. The van der Waals surface area contributed by atoms with Crippen LogP contribution in [0.4, 0.5) is 18.9 Å². The number of rotatable bonds is 8. The number of amides is 1. The lowest BCUT2D eigenvalue weighted by Crippen LogP contribution is -2.57. The molecule has 0 spiro atoms. The highest BCUT2D eigenvalue weighted by atomic mass is 19.4. The van der Waals surface area contributed by atoms with Crippen molar-refractivity contribution in [1.29, 1.82) is 0 Å². The van der Waals surface area contributed by atoms with Crippen molar-refractivity contribution in [1.82, 2.24) is 19.9 Å². The summed E-state index contributed by atoms with van der Waals surface area (Å²) in [6.07, 6.45) is -0.506. The predicted octanol–water partition coefficient (Wildman–Crippen LogP) is 4.35. The minimum Gasteiger partial charge on any atom is -0.369 e. The molecule has 2 saturated heterocycles. The maximum atomic E-state index is 13.2. The number of carbonyl (C=O) groups is 1. The summed E-state index contributed by atoms with van der Waals surface area (Å²) in [4.78, 5) is 21.6. The molecule has 2 aromatic rings. The Morgan fingerprint density at radius 3 is 2.57 bits per heavy atom. The molecule has 204 valence electrons. The highest BCUT2D eigenvalue weighted by Crippen LogP contribution is 2.33. The van der Waals surface area contributed by atoms with E-state index in [1.165, 1.54) is 18.4 Å². The van der Waals surface area contributed by atoms with Crippen LogP contribution < -0.4 is 4.90 Å². The van der Waals surface area contributed by atoms with Crippen LogP contribution in [0.5, 0.6) is 0 Å². The SMILES string of the molecule is CC(C)N1CC[C@@H](N2CCN(c3cccc(C(F)(F)F)c3)CC2)[C@@H](CCC(=O)N(C)Cc2ccon2)C1. The first kappa shape index (κ1) is 27.4. The molecule has 2 atom stereocenters. The number of piperidine rings is 1. The molecule has 4 rings (SSSR count). The van der Waals surface area contributed by atoms with Crippen LogP contribution in [0.2, 0.25) is 0 Å². The molecule has 7 nitrogen and oxygen atoms in total. The van der Waals surface area contributed by atoms with Gasteiger partial charge in [0, 0.05) is 70.0 Å². The summed E-state index contributed by atoms with van der Waals surface area (Å²) < 4.78 is 44.4. The van der Waals surface area contributed by atoms with E-state index in [1.54, 1.807) is 24.1 Å². The van der Waals surface area contributed by atoms with Gasteiger partial charge in [0.15, 0.2) is 0 Å². The molecule has 10 heteroatoms. The molecule has 0 aliphatic carbocycles. The molecule has 1 amide bonds. The number of aromatic nitrogens is 1. The first-order valence-electron chi connectivity index (χ1n) is 13.2. The van der Waals surface area contributed by atoms with Gasteiger partial charge in [-0.15, -0.1) is 0 Å². The Balaban J connectivity index is 1.36. The third kappa shape index (κ3) is 7.04. The van der Waals surface area contributed by atoms with E-state index < -0.39 is 11.7 Å². The zero-order chi connectivity index (χ0) is 26.6. The second-order valence-electron chi connectivity index (χ2n) is 10.6. The lowest BCUT2D eigenvalue weighted by atomic mass is 9.86. The minimum absolute atomic E-state index is 0.0952. The number of nitrogens with zero attached hydrogens (tertiary/aromatic N) is 5. The smallest absolute Gasteiger partial charge is 0.369 e. The standard InChI is InChI=1S/C27H38F3N5O2/c1-20(2)35-11-9-25(21(18-35)7-8-26(36)32(3)19-23-10-16-37-31-23)34-14-12-33(13-15-34)24-6-4-5-22(17-24)27(28,29)30/h4-6,10,16-17,20-21,25H,7-9,11-15,18-19H2,1-3H3/t21-,25+/m0/s1. The van der Waals surface area contributed by atoms with Crippen molar-refractivity contribution < 1.29 is 22.5 Å². The number of halogens is 3. The van der Waals surface area contributed by atoms with Crippen molar-refractivity contribution in [3.05, 3.63) is 47.9 Å². The van der Waals surface area contributed by atoms with Crippen LogP contribution in [0.1, 0.15) is 44.4 Å². The van der Waals surface area contributed by atoms with Gasteiger partial charge in [-0.25, -0.2) is 0 Å². The van der Waals surface area contributed by atoms with Crippen molar-refractivity contribution in [2.75, 3.05) is 51.2 Å². The minimum atomic E-state index is -4.34. The summed E-state index contributed by atoms with van der Waals surface area (Å²) in [5, 5.41) is 3.89. The molecule has 37 heavy (non-hydrogen) atoms. The van der Waals surface area contributed by atoms with Crippen LogP contribution >= 0.6 is 0 Å². The highest BCUT2D eigenvalue weighted by Gasteiger charge is 2.36. The van der Waals surface area contributed by atoms with E-state index in [2.05, 4.69) is 28.8 Å². The molecule has 0 radical (unpaired) electrons. The van der Waals surface area contributed by atoms with Gasteiger partial charge >= 0.3 is 6.18 Å². The average molecular weight is 522 g/mol. The normalized spacial score (nSPS) is 22.0. The molecular formula is C27H38F3N5O2. The van der Waals surface area contributed by atoms with Crippen molar-refractivity contribution in [3.63, 3.8) is 0 Å². The number of benzene rings is 1. The first-order valence-corrected chi connectivity index (χ1v) is 13.2. The van der Waals surface area contributed by atoms with Crippen molar-refractivity contribution >= 4 is 11.6 Å². The summed E-state index contributed by atoms with van der Waals surface area (Å²) in [6.45, 7) is 9.82. The van der Waals surface area contributed by atoms with E-state index in [0.29, 0.717) is 49.7 Å². The number of hydrogen-bond acceptors (Lipinski definition) is 6. The molecule has 0 N–H and O–H groups in total. The summed E-state index contributed by atoms with van der Waals surface area (Å²) in [5.74, 6) is 0.457. The number of piperazine rings is 1. The Labute approximate surface area is 217 Å². The Morgan fingerprint density at radius 2 is 1.92 bits per heavy atom. The van der Waals surface area contributed by atoms with E-state index in [0.717, 1.165) is 50.8 Å². The number of anilines is 1. The molecular weight excluding hydrogens is 483 g/mol. The van der Waals surface area contributed by atoms with E-state index in [9.17, 15) is 18.0 Å². The first-order chi connectivity index (χ1) is 17.6. The third-order valence-electron chi connectivity index (χ3n) is 7.82. The zero-order valence-electron chi connectivity index (χ0n) is 22.0. The van der Waals surface area contributed by atoms with Crippen LogP contribution in [-0.4, -0.2) is 84.2 Å². The van der Waals surface area contributed by atoms with Crippen LogP contribution in [0.3, 0.4) is 0 Å². The van der Waals surface area contributed by atoms with Gasteiger partial charge in [-0.3, -0.25) is 9.69 Å². The lowest BCUT2D eigenvalue weighted by molar-refractivity contribution is -0.137. The molecule has 0 bridgehead atoms. The van der Waals surface area contributed by atoms with Gasteiger partial charge in [0.25, 0.3) is 0 Å².